The van der Waals surface area contributed by atoms with Crippen LogP contribution in [0.3, 0.4) is 0 Å². The summed E-state index contributed by atoms with van der Waals surface area (Å²) in [6.07, 6.45) is 4.49. The molecule has 1 fully saturated rings. The van der Waals surface area contributed by atoms with E-state index in [1.165, 1.54) is 12.8 Å². The average molecular weight is 482 g/mol. The maximum atomic E-state index is 6.25. The van der Waals surface area contributed by atoms with Crippen LogP contribution < -0.4 is 15.4 Å². The molecule has 5 nitrogen and oxygen atoms in total. The van der Waals surface area contributed by atoms with E-state index in [1.807, 2.05) is 18.2 Å². The van der Waals surface area contributed by atoms with Gasteiger partial charge in [-0.25, -0.2) is 0 Å². The summed E-state index contributed by atoms with van der Waals surface area (Å²) < 4.78 is 10.8. The normalized spacial score (nSPS) is 14.0. The first-order valence-corrected chi connectivity index (χ1v) is 8.95. The highest BCUT2D eigenvalue weighted by molar-refractivity contribution is 14.0. The molecule has 25 heavy (non-hydrogen) atoms. The summed E-state index contributed by atoms with van der Waals surface area (Å²) in [4.78, 5) is 4.23. The van der Waals surface area contributed by atoms with Gasteiger partial charge >= 0.3 is 0 Å². The molecule has 142 valence electrons. The largest absolute Gasteiger partial charge is 0.497 e. The van der Waals surface area contributed by atoms with E-state index >= 15 is 0 Å². The Morgan fingerprint density at radius 1 is 1.28 bits per heavy atom. The third-order valence-electron chi connectivity index (χ3n) is 3.98. The molecule has 2 N–H and O–H groups in total. The van der Waals surface area contributed by atoms with Crippen LogP contribution in [-0.4, -0.2) is 46.4 Å². The second-order valence-corrected chi connectivity index (χ2v) is 6.41. The van der Waals surface area contributed by atoms with E-state index in [1.54, 1.807) is 14.2 Å². The number of guanidine groups is 1. The second kappa shape index (κ2) is 12.6. The SMILES string of the molecule is CN=C(NCCCOCC1CC1)NCCc1ccc(OC)cc1Cl.I. The fourth-order valence-electron chi connectivity index (χ4n) is 2.31. The Bertz CT molecular complexity index is 539. The molecule has 0 aliphatic heterocycles. The first kappa shape index (κ1) is 22.3. The van der Waals surface area contributed by atoms with E-state index in [2.05, 4.69) is 15.6 Å². The number of halogens is 2. The number of hydrogen-bond donors (Lipinski definition) is 2. The molecule has 2 rings (SSSR count). The monoisotopic (exact) mass is 481 g/mol. The lowest BCUT2D eigenvalue weighted by Crippen LogP contribution is -2.39. The van der Waals surface area contributed by atoms with Crippen molar-refractivity contribution in [2.24, 2.45) is 10.9 Å². The van der Waals surface area contributed by atoms with Crippen LogP contribution in [0, 0.1) is 5.92 Å². The first-order valence-electron chi connectivity index (χ1n) is 8.57. The van der Waals surface area contributed by atoms with Gasteiger partial charge in [-0.15, -0.1) is 24.0 Å². The van der Waals surface area contributed by atoms with Gasteiger partial charge in [0.25, 0.3) is 0 Å². The van der Waals surface area contributed by atoms with Gasteiger partial charge in [0.15, 0.2) is 5.96 Å². The number of methoxy groups -OCH3 is 1. The van der Waals surface area contributed by atoms with Crippen molar-refractivity contribution in [3.63, 3.8) is 0 Å². The van der Waals surface area contributed by atoms with Gasteiger partial charge in [0, 0.05) is 38.4 Å². The summed E-state index contributed by atoms with van der Waals surface area (Å²) >= 11 is 6.25. The Kier molecular flexibility index (Phi) is 11.2. The van der Waals surface area contributed by atoms with Crippen LogP contribution >= 0.6 is 35.6 Å². The summed E-state index contributed by atoms with van der Waals surface area (Å²) in [5, 5.41) is 7.33. The lowest BCUT2D eigenvalue weighted by atomic mass is 10.1. The molecule has 1 aliphatic carbocycles. The Morgan fingerprint density at radius 2 is 2.04 bits per heavy atom. The van der Waals surface area contributed by atoms with Crippen LogP contribution in [0.15, 0.2) is 23.2 Å². The van der Waals surface area contributed by atoms with Crippen molar-refractivity contribution in [3.8, 4) is 5.75 Å². The maximum Gasteiger partial charge on any atom is 0.190 e. The minimum atomic E-state index is 0. The highest BCUT2D eigenvalue weighted by atomic mass is 127. The first-order chi connectivity index (χ1) is 11.7. The van der Waals surface area contributed by atoms with Crippen molar-refractivity contribution in [1.82, 2.24) is 10.6 Å². The molecule has 1 aromatic rings. The number of ether oxygens (including phenoxy) is 2. The summed E-state index contributed by atoms with van der Waals surface area (Å²) in [6, 6.07) is 5.76. The van der Waals surface area contributed by atoms with Gasteiger partial charge in [-0.05, 0) is 49.3 Å². The molecule has 1 aromatic carbocycles. The van der Waals surface area contributed by atoms with Crippen LogP contribution in [0.4, 0.5) is 0 Å². The summed E-state index contributed by atoms with van der Waals surface area (Å²) in [6.45, 7) is 3.36. The Labute approximate surface area is 172 Å². The van der Waals surface area contributed by atoms with Crippen LogP contribution in [0.1, 0.15) is 24.8 Å². The van der Waals surface area contributed by atoms with Crippen molar-refractivity contribution in [2.75, 3.05) is 40.5 Å². The summed E-state index contributed by atoms with van der Waals surface area (Å²) in [7, 11) is 3.42. The number of aliphatic imine (C=N–C) groups is 1. The number of nitrogens with zero attached hydrogens (tertiary/aromatic N) is 1. The molecule has 0 bridgehead atoms. The Morgan fingerprint density at radius 3 is 2.68 bits per heavy atom. The zero-order valence-corrected chi connectivity index (χ0v) is 18.1. The number of rotatable bonds is 10. The van der Waals surface area contributed by atoms with Crippen LogP contribution in [0.2, 0.25) is 5.02 Å². The number of nitrogens with one attached hydrogen (secondary N) is 2. The van der Waals surface area contributed by atoms with Crippen molar-refractivity contribution in [1.29, 1.82) is 0 Å². The van der Waals surface area contributed by atoms with Crippen LogP contribution in [-0.2, 0) is 11.2 Å². The van der Waals surface area contributed by atoms with Gasteiger partial charge in [-0.3, -0.25) is 4.99 Å². The van der Waals surface area contributed by atoms with E-state index < -0.39 is 0 Å². The smallest absolute Gasteiger partial charge is 0.190 e. The molecule has 0 heterocycles. The average Bonchev–Trinajstić information content (AvgIpc) is 3.41. The second-order valence-electron chi connectivity index (χ2n) is 6.00. The van der Waals surface area contributed by atoms with Crippen LogP contribution in [0.25, 0.3) is 0 Å². The lowest BCUT2D eigenvalue weighted by Gasteiger charge is -2.12. The Hall–Kier alpha value is -0.730. The molecule has 0 amide bonds. The van der Waals surface area contributed by atoms with E-state index in [0.29, 0.717) is 0 Å². The molecule has 0 radical (unpaired) electrons. The zero-order valence-electron chi connectivity index (χ0n) is 15.0. The molecule has 0 unspecified atom stereocenters. The fourth-order valence-corrected chi connectivity index (χ4v) is 2.57. The molecule has 1 saturated carbocycles. The van der Waals surface area contributed by atoms with E-state index in [4.69, 9.17) is 21.1 Å². The molecule has 0 aromatic heterocycles. The van der Waals surface area contributed by atoms with Crippen molar-refractivity contribution in [2.45, 2.75) is 25.7 Å². The van der Waals surface area contributed by atoms with E-state index in [9.17, 15) is 0 Å². The van der Waals surface area contributed by atoms with Crippen molar-refractivity contribution < 1.29 is 9.47 Å². The third kappa shape index (κ3) is 8.96. The fraction of sp³-hybridized carbons (Fsp3) is 0.611. The highest BCUT2D eigenvalue weighted by Crippen LogP contribution is 2.28. The minimum absolute atomic E-state index is 0. The van der Waals surface area contributed by atoms with Gasteiger partial charge in [-0.1, -0.05) is 17.7 Å². The van der Waals surface area contributed by atoms with Gasteiger partial charge in [0.05, 0.1) is 7.11 Å². The van der Waals surface area contributed by atoms with Crippen molar-refractivity contribution >= 4 is 41.5 Å². The molecular formula is C18H29ClIN3O2. The summed E-state index contributed by atoms with van der Waals surface area (Å²) in [5.41, 5.74) is 1.09. The lowest BCUT2D eigenvalue weighted by molar-refractivity contribution is 0.123. The highest BCUT2D eigenvalue weighted by Gasteiger charge is 2.20. The summed E-state index contributed by atoms with van der Waals surface area (Å²) in [5.74, 6) is 2.41. The zero-order chi connectivity index (χ0) is 17.2. The quantitative estimate of drug-likeness (QED) is 0.232. The van der Waals surface area contributed by atoms with Gasteiger partial charge < -0.3 is 20.1 Å². The maximum absolute atomic E-state index is 6.25. The standard InChI is InChI=1S/C18H28ClN3O2.HI/c1-20-18(21-9-3-11-24-13-14-4-5-14)22-10-8-15-6-7-16(23-2)12-17(15)19;/h6-7,12,14H,3-5,8-11,13H2,1-2H3,(H2,20,21,22);1H. The van der Waals surface area contributed by atoms with Gasteiger partial charge in [0.1, 0.15) is 5.75 Å². The van der Waals surface area contributed by atoms with Crippen molar-refractivity contribution in [3.05, 3.63) is 28.8 Å². The molecule has 0 saturated heterocycles. The van der Waals surface area contributed by atoms with E-state index in [0.717, 1.165) is 67.4 Å². The minimum Gasteiger partial charge on any atom is -0.497 e. The van der Waals surface area contributed by atoms with Crippen LogP contribution in [0.5, 0.6) is 5.75 Å². The molecule has 7 heteroatoms. The predicted molar refractivity (Wildman–Crippen MR) is 115 cm³/mol. The van der Waals surface area contributed by atoms with Gasteiger partial charge in [0.2, 0.25) is 0 Å². The third-order valence-corrected chi connectivity index (χ3v) is 4.33. The number of hydrogen-bond acceptors (Lipinski definition) is 3. The molecular weight excluding hydrogens is 453 g/mol. The molecule has 0 spiro atoms. The van der Waals surface area contributed by atoms with Gasteiger partial charge in [-0.2, -0.15) is 0 Å². The molecule has 0 atom stereocenters. The predicted octanol–water partition coefficient (Wildman–Crippen LogP) is 3.49. The molecule has 1 aliphatic rings. The topological polar surface area (TPSA) is 54.9 Å². The van der Waals surface area contributed by atoms with E-state index in [-0.39, 0.29) is 24.0 Å². The Balaban J connectivity index is 0.00000312. The number of benzene rings is 1.